The van der Waals surface area contributed by atoms with Gasteiger partial charge in [0.25, 0.3) is 0 Å². The summed E-state index contributed by atoms with van der Waals surface area (Å²) < 4.78 is 0. The summed E-state index contributed by atoms with van der Waals surface area (Å²) in [6.07, 6.45) is 2.60. The Morgan fingerprint density at radius 2 is 2.36 bits per heavy atom. The third-order valence-electron chi connectivity index (χ3n) is 1.88. The zero-order valence-electron chi connectivity index (χ0n) is 8.44. The monoisotopic (exact) mass is 211 g/mol. The summed E-state index contributed by atoms with van der Waals surface area (Å²) in [6, 6.07) is 4.06. The fourth-order valence-electron chi connectivity index (χ4n) is 1.25. The fourth-order valence-corrected chi connectivity index (χ4v) is 1.91. The molecule has 0 bridgehead atoms. The Morgan fingerprint density at radius 3 is 3.00 bits per heavy atom. The van der Waals surface area contributed by atoms with Gasteiger partial charge in [-0.2, -0.15) is 11.8 Å². The molecule has 0 radical (unpaired) electrons. The van der Waals surface area contributed by atoms with E-state index in [2.05, 4.69) is 11.9 Å². The highest BCUT2D eigenvalue weighted by Gasteiger charge is 2.03. The SMILES string of the molecule is CCSCC(N)Cc1ccnc(N)c1. The van der Waals surface area contributed by atoms with Gasteiger partial charge in [-0.1, -0.05) is 6.92 Å². The van der Waals surface area contributed by atoms with Crippen LogP contribution in [0.4, 0.5) is 5.82 Å². The summed E-state index contributed by atoms with van der Waals surface area (Å²) >= 11 is 1.87. The van der Waals surface area contributed by atoms with Crippen molar-refractivity contribution >= 4 is 17.6 Å². The van der Waals surface area contributed by atoms with Crippen LogP contribution in [0.5, 0.6) is 0 Å². The van der Waals surface area contributed by atoms with Crippen molar-refractivity contribution < 1.29 is 0 Å². The minimum atomic E-state index is 0.210. The van der Waals surface area contributed by atoms with Gasteiger partial charge in [0, 0.05) is 18.0 Å². The molecule has 4 heteroatoms. The average Bonchev–Trinajstić information content (AvgIpc) is 2.15. The van der Waals surface area contributed by atoms with Gasteiger partial charge in [-0.15, -0.1) is 0 Å². The van der Waals surface area contributed by atoms with Gasteiger partial charge in [0.15, 0.2) is 0 Å². The number of nitrogen functional groups attached to an aromatic ring is 1. The molecule has 0 aliphatic heterocycles. The van der Waals surface area contributed by atoms with E-state index in [1.807, 2.05) is 23.9 Å². The normalized spacial score (nSPS) is 12.7. The van der Waals surface area contributed by atoms with Gasteiger partial charge in [0.05, 0.1) is 0 Å². The van der Waals surface area contributed by atoms with Crippen molar-refractivity contribution in [3.8, 4) is 0 Å². The number of pyridine rings is 1. The minimum absolute atomic E-state index is 0.210. The van der Waals surface area contributed by atoms with Crippen LogP contribution < -0.4 is 11.5 Å². The zero-order valence-corrected chi connectivity index (χ0v) is 9.26. The van der Waals surface area contributed by atoms with Crippen LogP contribution in [-0.4, -0.2) is 22.5 Å². The number of hydrogen-bond acceptors (Lipinski definition) is 4. The van der Waals surface area contributed by atoms with E-state index in [9.17, 15) is 0 Å². The van der Waals surface area contributed by atoms with Crippen molar-refractivity contribution in [1.82, 2.24) is 4.98 Å². The molecule has 4 N–H and O–H groups in total. The Hall–Kier alpha value is -0.740. The van der Waals surface area contributed by atoms with Crippen LogP contribution in [-0.2, 0) is 6.42 Å². The molecule has 14 heavy (non-hydrogen) atoms. The van der Waals surface area contributed by atoms with Crippen LogP contribution in [0.3, 0.4) is 0 Å². The molecule has 0 fully saturated rings. The topological polar surface area (TPSA) is 64.9 Å². The molecule has 0 saturated carbocycles. The number of rotatable bonds is 5. The second-order valence-electron chi connectivity index (χ2n) is 3.21. The summed E-state index contributed by atoms with van der Waals surface area (Å²) in [5.74, 6) is 2.68. The molecule has 0 aliphatic carbocycles. The van der Waals surface area contributed by atoms with Crippen molar-refractivity contribution in [3.63, 3.8) is 0 Å². The summed E-state index contributed by atoms with van der Waals surface area (Å²) in [5.41, 5.74) is 12.7. The molecular weight excluding hydrogens is 194 g/mol. The van der Waals surface area contributed by atoms with Gasteiger partial charge in [-0.25, -0.2) is 4.98 Å². The van der Waals surface area contributed by atoms with Crippen LogP contribution in [0.1, 0.15) is 12.5 Å². The smallest absolute Gasteiger partial charge is 0.123 e. The second kappa shape index (κ2) is 5.88. The molecule has 78 valence electrons. The Bertz CT molecular complexity index is 278. The molecule has 0 saturated heterocycles. The van der Waals surface area contributed by atoms with Crippen molar-refractivity contribution in [2.24, 2.45) is 5.73 Å². The highest BCUT2D eigenvalue weighted by Crippen LogP contribution is 2.08. The van der Waals surface area contributed by atoms with Crippen molar-refractivity contribution in [2.45, 2.75) is 19.4 Å². The Labute approximate surface area is 89.3 Å². The van der Waals surface area contributed by atoms with E-state index in [0.29, 0.717) is 5.82 Å². The molecule has 0 spiro atoms. The van der Waals surface area contributed by atoms with E-state index >= 15 is 0 Å². The summed E-state index contributed by atoms with van der Waals surface area (Å²) in [4.78, 5) is 3.94. The first-order chi connectivity index (χ1) is 6.72. The number of nitrogens with zero attached hydrogens (tertiary/aromatic N) is 1. The summed E-state index contributed by atoms with van der Waals surface area (Å²) in [7, 11) is 0. The summed E-state index contributed by atoms with van der Waals surface area (Å²) in [6.45, 7) is 2.14. The number of hydrogen-bond donors (Lipinski definition) is 2. The lowest BCUT2D eigenvalue weighted by Crippen LogP contribution is -2.25. The molecule has 1 aromatic rings. The highest BCUT2D eigenvalue weighted by molar-refractivity contribution is 7.99. The van der Waals surface area contributed by atoms with Crippen LogP contribution in [0.2, 0.25) is 0 Å². The van der Waals surface area contributed by atoms with Crippen molar-refractivity contribution in [2.75, 3.05) is 17.2 Å². The number of nitrogens with two attached hydrogens (primary N) is 2. The zero-order chi connectivity index (χ0) is 10.4. The van der Waals surface area contributed by atoms with Crippen LogP contribution >= 0.6 is 11.8 Å². The molecule has 1 heterocycles. The number of anilines is 1. The Kier molecular flexibility index (Phi) is 4.76. The van der Waals surface area contributed by atoms with Gasteiger partial charge < -0.3 is 11.5 Å². The maximum atomic E-state index is 5.96. The van der Waals surface area contributed by atoms with Gasteiger partial charge >= 0.3 is 0 Å². The molecule has 1 unspecified atom stereocenters. The van der Waals surface area contributed by atoms with Crippen LogP contribution in [0.15, 0.2) is 18.3 Å². The van der Waals surface area contributed by atoms with E-state index in [1.165, 1.54) is 5.56 Å². The van der Waals surface area contributed by atoms with E-state index in [-0.39, 0.29) is 6.04 Å². The first kappa shape index (κ1) is 11.3. The average molecular weight is 211 g/mol. The lowest BCUT2D eigenvalue weighted by atomic mass is 10.1. The van der Waals surface area contributed by atoms with Crippen LogP contribution in [0.25, 0.3) is 0 Å². The van der Waals surface area contributed by atoms with Gasteiger partial charge in [-0.05, 0) is 29.9 Å². The van der Waals surface area contributed by atoms with Gasteiger partial charge in [0.1, 0.15) is 5.82 Å². The Morgan fingerprint density at radius 1 is 1.57 bits per heavy atom. The standard InChI is InChI=1S/C10H17N3S/c1-2-14-7-9(11)5-8-3-4-13-10(12)6-8/h3-4,6,9H,2,5,7,11H2,1H3,(H2,12,13). The number of thioether (sulfide) groups is 1. The molecule has 1 atom stereocenters. The minimum Gasteiger partial charge on any atom is -0.384 e. The van der Waals surface area contributed by atoms with E-state index in [4.69, 9.17) is 11.5 Å². The van der Waals surface area contributed by atoms with E-state index in [1.54, 1.807) is 6.20 Å². The molecule has 1 rings (SSSR count). The molecule has 0 aromatic carbocycles. The van der Waals surface area contributed by atoms with E-state index < -0.39 is 0 Å². The van der Waals surface area contributed by atoms with Gasteiger partial charge in [-0.3, -0.25) is 0 Å². The maximum absolute atomic E-state index is 5.96. The molecule has 1 aromatic heterocycles. The molecule has 3 nitrogen and oxygen atoms in total. The van der Waals surface area contributed by atoms with Crippen molar-refractivity contribution in [1.29, 1.82) is 0 Å². The highest BCUT2D eigenvalue weighted by atomic mass is 32.2. The molecule has 0 amide bonds. The lowest BCUT2D eigenvalue weighted by Gasteiger charge is -2.10. The van der Waals surface area contributed by atoms with Gasteiger partial charge in [0.2, 0.25) is 0 Å². The lowest BCUT2D eigenvalue weighted by molar-refractivity contribution is 0.748. The molecule has 0 aliphatic rings. The quantitative estimate of drug-likeness (QED) is 0.770. The Balaban J connectivity index is 2.43. The third kappa shape index (κ3) is 3.98. The first-order valence-electron chi connectivity index (χ1n) is 4.76. The summed E-state index contributed by atoms with van der Waals surface area (Å²) in [5, 5.41) is 0. The maximum Gasteiger partial charge on any atom is 0.123 e. The largest absolute Gasteiger partial charge is 0.384 e. The second-order valence-corrected chi connectivity index (χ2v) is 4.53. The predicted molar refractivity (Wildman–Crippen MR) is 63.3 cm³/mol. The predicted octanol–water partition coefficient (Wildman–Crippen LogP) is 1.29. The van der Waals surface area contributed by atoms with Crippen molar-refractivity contribution in [3.05, 3.63) is 23.9 Å². The first-order valence-corrected chi connectivity index (χ1v) is 5.91. The fraction of sp³-hybridized carbons (Fsp3) is 0.500. The number of aromatic nitrogens is 1. The molecular formula is C10H17N3S. The third-order valence-corrected chi connectivity index (χ3v) is 2.95. The van der Waals surface area contributed by atoms with E-state index in [0.717, 1.165) is 17.9 Å². The van der Waals surface area contributed by atoms with Crippen LogP contribution in [0, 0.1) is 0 Å².